The highest BCUT2D eigenvalue weighted by atomic mass is 32.1. The van der Waals surface area contributed by atoms with E-state index in [1.165, 1.54) is 11.3 Å². The smallest absolute Gasteiger partial charge is 0.265 e. The molecular formula is C21H17NO4S. The summed E-state index contributed by atoms with van der Waals surface area (Å²) in [5.74, 6) is 2.10. The monoisotopic (exact) mass is 379 g/mol. The normalized spacial score (nSPS) is 14.4. The van der Waals surface area contributed by atoms with Crippen molar-refractivity contribution in [2.75, 3.05) is 18.5 Å². The molecule has 2 aliphatic heterocycles. The van der Waals surface area contributed by atoms with Crippen LogP contribution in [0.2, 0.25) is 0 Å². The topological polar surface area (TPSA) is 56.8 Å². The van der Waals surface area contributed by atoms with Crippen LogP contribution in [0.15, 0.2) is 48.5 Å². The Hall–Kier alpha value is -2.99. The van der Waals surface area contributed by atoms with Crippen LogP contribution < -0.4 is 19.5 Å². The number of anilines is 1. The van der Waals surface area contributed by atoms with Gasteiger partial charge in [0.1, 0.15) is 12.4 Å². The minimum absolute atomic E-state index is 0.138. The number of fused-ring (bicyclic) bond motifs is 4. The number of para-hydroxylation sites is 1. The minimum atomic E-state index is -0.138. The van der Waals surface area contributed by atoms with Crippen molar-refractivity contribution in [2.24, 2.45) is 0 Å². The molecule has 1 amide bonds. The van der Waals surface area contributed by atoms with Gasteiger partial charge >= 0.3 is 0 Å². The number of carbonyl (C=O) groups is 1. The first-order valence-electron chi connectivity index (χ1n) is 8.84. The zero-order valence-corrected chi connectivity index (χ0v) is 15.3. The van der Waals surface area contributed by atoms with E-state index < -0.39 is 0 Å². The number of thiophene rings is 1. The maximum absolute atomic E-state index is 12.8. The number of hydrogen-bond donors (Lipinski definition) is 1. The van der Waals surface area contributed by atoms with Crippen molar-refractivity contribution in [3.05, 3.63) is 59.0 Å². The molecule has 0 bridgehead atoms. The van der Waals surface area contributed by atoms with E-state index in [0.29, 0.717) is 41.9 Å². The summed E-state index contributed by atoms with van der Waals surface area (Å²) in [5, 5.41) is 2.96. The molecule has 2 aromatic carbocycles. The van der Waals surface area contributed by atoms with Crippen molar-refractivity contribution in [3.8, 4) is 27.7 Å². The molecule has 0 saturated carbocycles. The van der Waals surface area contributed by atoms with Crippen LogP contribution in [-0.4, -0.2) is 19.1 Å². The molecule has 0 atom stereocenters. The lowest BCUT2D eigenvalue weighted by Gasteiger charge is -2.16. The van der Waals surface area contributed by atoms with Crippen LogP contribution in [0.4, 0.5) is 5.69 Å². The van der Waals surface area contributed by atoms with E-state index in [1.807, 2.05) is 48.5 Å². The molecule has 6 heteroatoms. The Morgan fingerprint density at radius 1 is 0.926 bits per heavy atom. The fourth-order valence-corrected chi connectivity index (χ4v) is 4.34. The lowest BCUT2D eigenvalue weighted by atomic mass is 10.1. The molecular weight excluding hydrogens is 362 g/mol. The molecule has 0 radical (unpaired) electrons. The van der Waals surface area contributed by atoms with Crippen molar-refractivity contribution < 1.29 is 19.0 Å². The number of hydrogen-bond acceptors (Lipinski definition) is 5. The van der Waals surface area contributed by atoms with E-state index in [-0.39, 0.29) is 5.91 Å². The molecule has 0 unspecified atom stereocenters. The third kappa shape index (κ3) is 3.02. The second-order valence-electron chi connectivity index (χ2n) is 6.42. The summed E-state index contributed by atoms with van der Waals surface area (Å²) in [6, 6.07) is 15.3. The average molecular weight is 379 g/mol. The molecule has 1 N–H and O–H groups in total. The van der Waals surface area contributed by atoms with Crippen molar-refractivity contribution in [3.63, 3.8) is 0 Å². The zero-order valence-electron chi connectivity index (χ0n) is 14.5. The van der Waals surface area contributed by atoms with Gasteiger partial charge in [-0.25, -0.2) is 0 Å². The Morgan fingerprint density at radius 3 is 2.70 bits per heavy atom. The number of rotatable bonds is 2. The molecule has 0 spiro atoms. The molecule has 0 saturated heterocycles. The van der Waals surface area contributed by atoms with Gasteiger partial charge in [-0.3, -0.25) is 4.79 Å². The first-order chi connectivity index (χ1) is 13.3. The van der Waals surface area contributed by atoms with Crippen molar-refractivity contribution in [1.82, 2.24) is 0 Å². The van der Waals surface area contributed by atoms with Gasteiger partial charge in [-0.1, -0.05) is 12.1 Å². The standard InChI is InChI=1S/C21H17NO4S/c23-21(22-14-6-7-17-18(11-14)25-9-3-8-24-17)19-10-13-12-26-16-5-2-1-4-15(16)20(13)27-19/h1-2,4-7,10-11H,3,8-9,12H2,(H,22,23). The Labute approximate surface area is 160 Å². The number of amides is 1. The van der Waals surface area contributed by atoms with E-state index >= 15 is 0 Å². The van der Waals surface area contributed by atoms with Crippen molar-refractivity contribution in [1.29, 1.82) is 0 Å². The summed E-state index contributed by atoms with van der Waals surface area (Å²) < 4.78 is 17.1. The van der Waals surface area contributed by atoms with Crippen LogP contribution in [0, 0.1) is 0 Å². The summed E-state index contributed by atoms with van der Waals surface area (Å²) in [4.78, 5) is 14.5. The molecule has 2 aliphatic rings. The zero-order chi connectivity index (χ0) is 18.2. The largest absolute Gasteiger partial charge is 0.490 e. The highest BCUT2D eigenvalue weighted by Crippen LogP contribution is 2.42. The van der Waals surface area contributed by atoms with Gasteiger partial charge in [-0.05, 0) is 30.3 Å². The molecule has 1 aromatic heterocycles. The summed E-state index contributed by atoms with van der Waals surface area (Å²) in [6.45, 7) is 1.74. The van der Waals surface area contributed by atoms with E-state index in [1.54, 1.807) is 0 Å². The molecule has 27 heavy (non-hydrogen) atoms. The van der Waals surface area contributed by atoms with E-state index in [9.17, 15) is 4.79 Å². The van der Waals surface area contributed by atoms with Crippen LogP contribution in [0.5, 0.6) is 17.2 Å². The van der Waals surface area contributed by atoms with Crippen LogP contribution in [-0.2, 0) is 6.61 Å². The summed E-state index contributed by atoms with van der Waals surface area (Å²) in [5.41, 5.74) is 2.77. The number of nitrogens with one attached hydrogen (secondary N) is 1. The van der Waals surface area contributed by atoms with Crippen LogP contribution in [0.25, 0.3) is 10.4 Å². The summed E-state index contributed by atoms with van der Waals surface area (Å²) in [6.07, 6.45) is 0.848. The highest BCUT2D eigenvalue weighted by Gasteiger charge is 2.22. The minimum Gasteiger partial charge on any atom is -0.490 e. The molecule has 0 fully saturated rings. The predicted molar refractivity (Wildman–Crippen MR) is 104 cm³/mol. The molecule has 5 rings (SSSR count). The maximum Gasteiger partial charge on any atom is 0.265 e. The molecule has 3 aromatic rings. The third-order valence-electron chi connectivity index (χ3n) is 4.55. The van der Waals surface area contributed by atoms with Gasteiger partial charge in [0.2, 0.25) is 0 Å². The van der Waals surface area contributed by atoms with E-state index in [2.05, 4.69) is 5.32 Å². The Bertz CT molecular complexity index is 1030. The van der Waals surface area contributed by atoms with Gasteiger partial charge in [0.05, 0.1) is 18.1 Å². The van der Waals surface area contributed by atoms with E-state index in [0.717, 1.165) is 28.2 Å². The molecule has 5 nitrogen and oxygen atoms in total. The first-order valence-corrected chi connectivity index (χ1v) is 9.65. The maximum atomic E-state index is 12.8. The Balaban J connectivity index is 1.40. The number of benzene rings is 2. The van der Waals surface area contributed by atoms with Crippen molar-refractivity contribution >= 4 is 22.9 Å². The first kappa shape index (κ1) is 16.2. The van der Waals surface area contributed by atoms with Gasteiger partial charge in [0, 0.05) is 34.2 Å². The Kier molecular flexibility index (Phi) is 3.98. The van der Waals surface area contributed by atoms with Gasteiger partial charge < -0.3 is 19.5 Å². The third-order valence-corrected chi connectivity index (χ3v) is 5.76. The number of ether oxygens (including phenoxy) is 3. The summed E-state index contributed by atoms with van der Waals surface area (Å²) >= 11 is 1.49. The SMILES string of the molecule is O=C(Nc1ccc2c(c1)OCCCO2)c1cc2c(s1)-c1ccccc1OC2. The predicted octanol–water partition coefficient (Wildman–Crippen LogP) is 4.72. The van der Waals surface area contributed by atoms with E-state index in [4.69, 9.17) is 14.2 Å². The fourth-order valence-electron chi connectivity index (χ4n) is 3.25. The quantitative estimate of drug-likeness (QED) is 0.700. The molecule has 0 aliphatic carbocycles. The number of carbonyl (C=O) groups excluding carboxylic acids is 1. The second kappa shape index (κ2) is 6.63. The summed E-state index contributed by atoms with van der Waals surface area (Å²) in [7, 11) is 0. The molecule has 136 valence electrons. The molecule has 3 heterocycles. The lowest BCUT2D eigenvalue weighted by Crippen LogP contribution is -2.10. The van der Waals surface area contributed by atoms with Gasteiger partial charge in [0.25, 0.3) is 5.91 Å². The Morgan fingerprint density at radius 2 is 1.78 bits per heavy atom. The highest BCUT2D eigenvalue weighted by molar-refractivity contribution is 7.17. The van der Waals surface area contributed by atoms with Gasteiger partial charge in [-0.2, -0.15) is 0 Å². The average Bonchev–Trinajstić information content (AvgIpc) is 3.01. The van der Waals surface area contributed by atoms with Crippen molar-refractivity contribution in [2.45, 2.75) is 13.0 Å². The van der Waals surface area contributed by atoms with Gasteiger partial charge in [0.15, 0.2) is 11.5 Å². The van der Waals surface area contributed by atoms with Crippen LogP contribution in [0.3, 0.4) is 0 Å². The van der Waals surface area contributed by atoms with Crippen LogP contribution >= 0.6 is 11.3 Å². The fraction of sp³-hybridized carbons (Fsp3) is 0.190. The lowest BCUT2D eigenvalue weighted by molar-refractivity contribution is 0.103. The van der Waals surface area contributed by atoms with Crippen LogP contribution in [0.1, 0.15) is 21.7 Å². The van der Waals surface area contributed by atoms with Gasteiger partial charge in [-0.15, -0.1) is 11.3 Å². The second-order valence-corrected chi connectivity index (χ2v) is 7.47.